The van der Waals surface area contributed by atoms with Gasteiger partial charge in [-0.3, -0.25) is 4.79 Å². The number of hydrogen-bond acceptors (Lipinski definition) is 4. The standard InChI is InChI=1S/C7H9NO2S/c1-6(2)10-7(9)3-4-8-5-11/h1,3-4H2,2H3. The molecule has 0 rings (SSSR count). The second-order valence-corrected chi connectivity index (χ2v) is 2.08. The Morgan fingerprint density at radius 1 is 1.82 bits per heavy atom. The fourth-order valence-corrected chi connectivity index (χ4v) is 0.529. The summed E-state index contributed by atoms with van der Waals surface area (Å²) in [6, 6.07) is 0. The highest BCUT2D eigenvalue weighted by Gasteiger charge is 2.00. The van der Waals surface area contributed by atoms with Crippen molar-refractivity contribution in [3.05, 3.63) is 12.3 Å². The van der Waals surface area contributed by atoms with E-state index in [2.05, 4.69) is 33.7 Å². The zero-order valence-electron chi connectivity index (χ0n) is 6.29. The van der Waals surface area contributed by atoms with E-state index in [1.54, 1.807) is 6.92 Å². The lowest BCUT2D eigenvalue weighted by Crippen LogP contribution is -2.03. The third-order valence-corrected chi connectivity index (χ3v) is 0.909. The summed E-state index contributed by atoms with van der Waals surface area (Å²) in [5.74, 6) is 0.0489. The minimum Gasteiger partial charge on any atom is -0.432 e. The summed E-state index contributed by atoms with van der Waals surface area (Å²) in [5.41, 5.74) is 0. The van der Waals surface area contributed by atoms with Crippen molar-refractivity contribution >= 4 is 23.3 Å². The minimum absolute atomic E-state index is 0.219. The van der Waals surface area contributed by atoms with Crippen LogP contribution >= 0.6 is 12.2 Å². The second-order valence-electron chi connectivity index (χ2n) is 1.90. The van der Waals surface area contributed by atoms with Crippen molar-refractivity contribution in [2.24, 2.45) is 4.99 Å². The number of carbonyl (C=O) groups is 1. The molecule has 0 atom stereocenters. The Kier molecular flexibility index (Phi) is 5.25. The molecule has 0 aliphatic heterocycles. The lowest BCUT2D eigenvalue weighted by molar-refractivity contribution is -0.139. The van der Waals surface area contributed by atoms with Crippen molar-refractivity contribution in [2.75, 3.05) is 6.54 Å². The number of allylic oxidation sites excluding steroid dienone is 1. The maximum atomic E-state index is 10.7. The Morgan fingerprint density at radius 3 is 2.91 bits per heavy atom. The third-order valence-electron chi connectivity index (χ3n) is 0.780. The van der Waals surface area contributed by atoms with E-state index in [4.69, 9.17) is 0 Å². The Bertz CT molecular complexity index is 206. The molecule has 4 heteroatoms. The predicted octanol–water partition coefficient (Wildman–Crippen LogP) is 1.56. The first kappa shape index (κ1) is 10.0. The number of isothiocyanates is 1. The highest BCUT2D eigenvalue weighted by molar-refractivity contribution is 7.78. The van der Waals surface area contributed by atoms with Crippen LogP contribution in [0.25, 0.3) is 0 Å². The number of ether oxygens (including phenoxy) is 1. The zero-order chi connectivity index (χ0) is 8.69. The van der Waals surface area contributed by atoms with E-state index in [9.17, 15) is 4.79 Å². The van der Waals surface area contributed by atoms with E-state index in [0.717, 1.165) is 0 Å². The van der Waals surface area contributed by atoms with Crippen molar-refractivity contribution in [2.45, 2.75) is 13.3 Å². The monoisotopic (exact) mass is 171 g/mol. The topological polar surface area (TPSA) is 38.7 Å². The van der Waals surface area contributed by atoms with Gasteiger partial charge in [0.15, 0.2) is 0 Å². The molecule has 0 aliphatic carbocycles. The van der Waals surface area contributed by atoms with Crippen LogP contribution in [-0.2, 0) is 9.53 Å². The van der Waals surface area contributed by atoms with Crippen molar-refractivity contribution in [3.8, 4) is 0 Å². The van der Waals surface area contributed by atoms with Crippen LogP contribution in [0.1, 0.15) is 13.3 Å². The molecule has 0 aromatic heterocycles. The van der Waals surface area contributed by atoms with Crippen LogP contribution in [0.2, 0.25) is 0 Å². The molecule has 3 nitrogen and oxygen atoms in total. The Labute approximate surface area is 70.8 Å². The quantitative estimate of drug-likeness (QED) is 0.279. The summed E-state index contributed by atoms with van der Waals surface area (Å²) in [6.07, 6.45) is 0.219. The molecule has 0 aromatic rings. The van der Waals surface area contributed by atoms with Gasteiger partial charge in [-0.15, -0.1) is 0 Å². The number of aliphatic imine (C=N–C) groups is 1. The minimum atomic E-state index is -0.341. The first-order chi connectivity index (χ1) is 5.16. The van der Waals surface area contributed by atoms with Crippen LogP contribution in [0.15, 0.2) is 17.3 Å². The number of rotatable bonds is 4. The van der Waals surface area contributed by atoms with E-state index >= 15 is 0 Å². The number of esters is 1. The Hall–Kier alpha value is -0.990. The Morgan fingerprint density at radius 2 is 2.45 bits per heavy atom. The van der Waals surface area contributed by atoms with Crippen molar-refractivity contribution in [1.29, 1.82) is 0 Å². The third kappa shape index (κ3) is 6.90. The molecule has 0 fully saturated rings. The van der Waals surface area contributed by atoms with Gasteiger partial charge in [-0.2, -0.15) is 0 Å². The van der Waals surface area contributed by atoms with Gasteiger partial charge < -0.3 is 4.74 Å². The van der Waals surface area contributed by atoms with Gasteiger partial charge in [0.1, 0.15) is 0 Å². The maximum Gasteiger partial charge on any atom is 0.312 e. The first-order valence-corrected chi connectivity index (χ1v) is 3.47. The first-order valence-electron chi connectivity index (χ1n) is 3.06. The number of nitrogens with zero attached hydrogens (tertiary/aromatic N) is 1. The lowest BCUT2D eigenvalue weighted by Gasteiger charge is -1.99. The van der Waals surface area contributed by atoms with Crippen LogP contribution in [-0.4, -0.2) is 17.7 Å². The largest absolute Gasteiger partial charge is 0.432 e. The summed E-state index contributed by atoms with van der Waals surface area (Å²) in [7, 11) is 0. The molecule has 0 saturated heterocycles. The van der Waals surface area contributed by atoms with Gasteiger partial charge in [-0.1, -0.05) is 6.58 Å². The molecule has 11 heavy (non-hydrogen) atoms. The highest BCUT2D eigenvalue weighted by Crippen LogP contribution is 1.94. The molecule has 0 aromatic carbocycles. The molecule has 0 unspecified atom stereocenters. The molecule has 0 bridgehead atoms. The number of carbonyl (C=O) groups excluding carboxylic acids is 1. The Balaban J connectivity index is 3.53. The average Bonchev–Trinajstić information content (AvgIpc) is 1.86. The summed E-state index contributed by atoms with van der Waals surface area (Å²) >= 11 is 4.31. The molecule has 0 amide bonds. The molecule has 0 radical (unpaired) electrons. The second kappa shape index (κ2) is 5.77. The summed E-state index contributed by atoms with van der Waals surface area (Å²) in [6.45, 7) is 5.35. The van der Waals surface area contributed by atoms with Crippen LogP contribution in [0.5, 0.6) is 0 Å². The van der Waals surface area contributed by atoms with Crippen LogP contribution in [0, 0.1) is 0 Å². The smallest absolute Gasteiger partial charge is 0.312 e. The van der Waals surface area contributed by atoms with Gasteiger partial charge in [-0.05, 0) is 19.1 Å². The predicted molar refractivity (Wildman–Crippen MR) is 45.4 cm³/mol. The van der Waals surface area contributed by atoms with Crippen LogP contribution in [0.3, 0.4) is 0 Å². The van der Waals surface area contributed by atoms with Gasteiger partial charge in [0, 0.05) is 0 Å². The van der Waals surface area contributed by atoms with Gasteiger partial charge in [0.05, 0.1) is 23.9 Å². The van der Waals surface area contributed by atoms with Crippen molar-refractivity contribution < 1.29 is 9.53 Å². The van der Waals surface area contributed by atoms with Crippen LogP contribution < -0.4 is 0 Å². The van der Waals surface area contributed by atoms with E-state index in [1.165, 1.54) is 0 Å². The SMILES string of the molecule is C=C(C)OC(=O)CCN=C=S. The van der Waals surface area contributed by atoms with E-state index in [-0.39, 0.29) is 12.4 Å². The maximum absolute atomic E-state index is 10.7. The fourth-order valence-electron chi connectivity index (χ4n) is 0.438. The molecule has 60 valence electrons. The highest BCUT2D eigenvalue weighted by atomic mass is 32.1. The molecule has 0 heterocycles. The summed E-state index contributed by atoms with van der Waals surface area (Å²) in [4.78, 5) is 14.3. The molecular formula is C7H9NO2S. The number of thiocarbonyl (C=S) groups is 1. The zero-order valence-corrected chi connectivity index (χ0v) is 7.11. The van der Waals surface area contributed by atoms with Crippen molar-refractivity contribution in [3.63, 3.8) is 0 Å². The normalized spacial score (nSPS) is 8.09. The van der Waals surface area contributed by atoms with E-state index in [0.29, 0.717) is 12.3 Å². The molecular weight excluding hydrogens is 162 g/mol. The molecule has 0 aliphatic rings. The van der Waals surface area contributed by atoms with E-state index in [1.807, 2.05) is 0 Å². The van der Waals surface area contributed by atoms with E-state index < -0.39 is 0 Å². The van der Waals surface area contributed by atoms with Gasteiger partial charge in [-0.25, -0.2) is 4.99 Å². The molecule has 0 spiro atoms. The molecule has 0 saturated carbocycles. The summed E-state index contributed by atoms with van der Waals surface area (Å²) < 4.78 is 4.64. The number of hydrogen-bond donors (Lipinski definition) is 0. The van der Waals surface area contributed by atoms with Crippen LogP contribution in [0.4, 0.5) is 0 Å². The summed E-state index contributed by atoms with van der Waals surface area (Å²) in [5, 5.41) is 2.15. The lowest BCUT2D eigenvalue weighted by atomic mass is 10.4. The van der Waals surface area contributed by atoms with Crippen molar-refractivity contribution in [1.82, 2.24) is 0 Å². The van der Waals surface area contributed by atoms with Gasteiger partial charge in [0.25, 0.3) is 0 Å². The molecule has 0 N–H and O–H groups in total. The fraction of sp³-hybridized carbons (Fsp3) is 0.429. The average molecular weight is 171 g/mol. The van der Waals surface area contributed by atoms with Gasteiger partial charge >= 0.3 is 5.97 Å². The van der Waals surface area contributed by atoms with Gasteiger partial charge in [0.2, 0.25) is 0 Å².